The van der Waals surface area contributed by atoms with Crippen molar-refractivity contribution in [3.63, 3.8) is 0 Å². The molecule has 0 spiro atoms. The standard InChI is InChI=1S/C8H8.CH2OS2/c1-2-8-6-4-3-5-7-8;2-1(3)4/h2-7H,1H2;(H2,2,3,4). The van der Waals surface area contributed by atoms with E-state index in [1.165, 1.54) is 5.56 Å². The lowest BCUT2D eigenvalue weighted by molar-refractivity contribution is 0.277. The predicted molar refractivity (Wildman–Crippen MR) is 59.9 cm³/mol. The summed E-state index contributed by atoms with van der Waals surface area (Å²) >= 11 is 6.38. The zero-order valence-electron chi connectivity index (χ0n) is 6.47. The largest absolute Gasteiger partial charge is 0.275 e. The summed E-state index contributed by atoms with van der Waals surface area (Å²) in [5.74, 6) is 0. The van der Waals surface area contributed by atoms with E-state index in [0.717, 1.165) is 0 Å². The van der Waals surface area contributed by atoms with E-state index in [9.17, 15) is 4.79 Å². The maximum atomic E-state index is 9.17. The quantitative estimate of drug-likeness (QED) is 0.662. The first-order valence-electron chi connectivity index (χ1n) is 3.26. The smallest absolute Gasteiger partial charge is 0.239 e. The minimum Gasteiger partial charge on any atom is -0.275 e. The van der Waals surface area contributed by atoms with Crippen LogP contribution in [0.3, 0.4) is 0 Å². The van der Waals surface area contributed by atoms with Gasteiger partial charge in [-0.3, -0.25) is 4.79 Å². The average molecular weight is 198 g/mol. The molecule has 3 heteroatoms. The van der Waals surface area contributed by atoms with Crippen molar-refractivity contribution >= 4 is 35.8 Å². The van der Waals surface area contributed by atoms with Crippen molar-refractivity contribution in [3.05, 3.63) is 42.5 Å². The van der Waals surface area contributed by atoms with Gasteiger partial charge in [-0.2, -0.15) is 0 Å². The molecule has 12 heavy (non-hydrogen) atoms. The van der Waals surface area contributed by atoms with Gasteiger partial charge in [-0.05, 0) is 5.56 Å². The summed E-state index contributed by atoms with van der Waals surface area (Å²) in [6, 6.07) is 10.0. The van der Waals surface area contributed by atoms with E-state index in [1.807, 2.05) is 36.4 Å². The van der Waals surface area contributed by atoms with E-state index >= 15 is 0 Å². The summed E-state index contributed by atoms with van der Waals surface area (Å²) < 4.78 is -0.444. The van der Waals surface area contributed by atoms with Gasteiger partial charge in [0.25, 0.3) is 0 Å². The molecule has 0 aliphatic rings. The van der Waals surface area contributed by atoms with E-state index in [0.29, 0.717) is 0 Å². The van der Waals surface area contributed by atoms with E-state index in [4.69, 9.17) is 0 Å². The first kappa shape index (κ1) is 11.3. The van der Waals surface area contributed by atoms with Gasteiger partial charge in [0.15, 0.2) is 0 Å². The van der Waals surface area contributed by atoms with Crippen LogP contribution in [0.2, 0.25) is 0 Å². The minimum absolute atomic E-state index is 0.444. The Hall–Kier alpha value is -0.670. The molecule has 0 amide bonds. The number of carbonyl (C=O) groups excluding carboxylic acids is 1. The van der Waals surface area contributed by atoms with Gasteiger partial charge in [-0.25, -0.2) is 0 Å². The summed E-state index contributed by atoms with van der Waals surface area (Å²) in [7, 11) is 0. The zero-order valence-corrected chi connectivity index (χ0v) is 8.26. The van der Waals surface area contributed by atoms with Gasteiger partial charge in [0, 0.05) is 0 Å². The molecule has 0 aliphatic heterocycles. The molecule has 0 aliphatic carbocycles. The first-order valence-corrected chi connectivity index (χ1v) is 4.15. The fraction of sp³-hybridized carbons (Fsp3) is 0. The summed E-state index contributed by atoms with van der Waals surface area (Å²) in [6.07, 6.45) is 1.83. The van der Waals surface area contributed by atoms with Crippen molar-refractivity contribution in [1.29, 1.82) is 0 Å². The van der Waals surface area contributed by atoms with Crippen LogP contribution in [0.15, 0.2) is 36.9 Å². The van der Waals surface area contributed by atoms with Crippen LogP contribution in [0.25, 0.3) is 6.08 Å². The molecule has 0 bridgehead atoms. The van der Waals surface area contributed by atoms with Gasteiger partial charge in [-0.15, -0.1) is 0 Å². The Bertz CT molecular complexity index is 240. The topological polar surface area (TPSA) is 17.1 Å². The Morgan fingerprint density at radius 3 is 1.92 bits per heavy atom. The van der Waals surface area contributed by atoms with E-state index < -0.39 is 4.45 Å². The van der Waals surface area contributed by atoms with Crippen LogP contribution in [-0.4, -0.2) is 4.45 Å². The van der Waals surface area contributed by atoms with Crippen LogP contribution < -0.4 is 0 Å². The lowest BCUT2D eigenvalue weighted by Crippen LogP contribution is -1.63. The van der Waals surface area contributed by atoms with Gasteiger partial charge in [0.1, 0.15) is 0 Å². The van der Waals surface area contributed by atoms with Crippen molar-refractivity contribution in [1.82, 2.24) is 0 Å². The number of benzene rings is 1. The third-order valence-electron chi connectivity index (χ3n) is 1.04. The van der Waals surface area contributed by atoms with E-state index in [2.05, 4.69) is 31.8 Å². The predicted octanol–water partition coefficient (Wildman–Crippen LogP) is 3.30. The number of thiol groups is 2. The highest BCUT2D eigenvalue weighted by Crippen LogP contribution is 1.97. The molecular formula is C9H10OS2. The molecule has 1 aromatic carbocycles. The third-order valence-corrected chi connectivity index (χ3v) is 1.04. The maximum Gasteiger partial charge on any atom is 0.239 e. The highest BCUT2D eigenvalue weighted by Gasteiger charge is 1.75. The molecule has 0 saturated heterocycles. The molecule has 0 radical (unpaired) electrons. The van der Waals surface area contributed by atoms with Crippen LogP contribution >= 0.6 is 25.3 Å². The Morgan fingerprint density at radius 2 is 1.67 bits per heavy atom. The Morgan fingerprint density at radius 1 is 1.25 bits per heavy atom. The van der Waals surface area contributed by atoms with Crippen molar-refractivity contribution in [3.8, 4) is 0 Å². The van der Waals surface area contributed by atoms with Gasteiger partial charge >= 0.3 is 0 Å². The SMILES string of the molecule is C=Cc1ccccc1.O=C(S)S. The molecule has 0 atom stereocenters. The van der Waals surface area contributed by atoms with Crippen LogP contribution in [-0.2, 0) is 0 Å². The molecule has 0 heterocycles. The molecule has 64 valence electrons. The second-order valence-electron chi connectivity index (χ2n) is 1.90. The van der Waals surface area contributed by atoms with Crippen molar-refractivity contribution < 1.29 is 4.79 Å². The van der Waals surface area contributed by atoms with Crippen LogP contribution in [0, 0.1) is 0 Å². The van der Waals surface area contributed by atoms with Gasteiger partial charge in [-0.1, -0.05) is 68.2 Å². The molecule has 0 saturated carbocycles. The Kier molecular flexibility index (Phi) is 6.61. The van der Waals surface area contributed by atoms with Crippen molar-refractivity contribution in [2.24, 2.45) is 0 Å². The molecule has 0 aromatic heterocycles. The molecule has 0 unspecified atom stereocenters. The lowest BCUT2D eigenvalue weighted by atomic mass is 10.2. The molecule has 1 rings (SSSR count). The normalized spacial score (nSPS) is 7.83. The van der Waals surface area contributed by atoms with Crippen molar-refractivity contribution in [2.45, 2.75) is 0 Å². The Labute approximate surface area is 83.3 Å². The molecule has 1 nitrogen and oxygen atoms in total. The van der Waals surface area contributed by atoms with Gasteiger partial charge < -0.3 is 0 Å². The zero-order chi connectivity index (χ0) is 9.40. The molecule has 1 aromatic rings. The number of rotatable bonds is 1. The summed E-state index contributed by atoms with van der Waals surface area (Å²) in [6.45, 7) is 3.63. The number of carbonyl (C=O) groups is 1. The van der Waals surface area contributed by atoms with Crippen molar-refractivity contribution in [2.75, 3.05) is 0 Å². The van der Waals surface area contributed by atoms with Crippen LogP contribution in [0.4, 0.5) is 4.79 Å². The average Bonchev–Trinajstić information content (AvgIpc) is 2.05. The maximum absolute atomic E-state index is 9.17. The highest BCUT2D eigenvalue weighted by atomic mass is 32.2. The second kappa shape index (κ2) is 7.00. The minimum atomic E-state index is -0.444. The Balaban J connectivity index is 0.000000261. The first-order chi connectivity index (χ1) is 5.66. The van der Waals surface area contributed by atoms with Crippen LogP contribution in [0.1, 0.15) is 5.56 Å². The monoisotopic (exact) mass is 198 g/mol. The molecule has 0 fully saturated rings. The fourth-order valence-electron chi connectivity index (χ4n) is 0.589. The van der Waals surface area contributed by atoms with E-state index in [-0.39, 0.29) is 0 Å². The molecular weight excluding hydrogens is 188 g/mol. The fourth-order valence-corrected chi connectivity index (χ4v) is 0.589. The lowest BCUT2D eigenvalue weighted by Gasteiger charge is -1.85. The van der Waals surface area contributed by atoms with Gasteiger partial charge in [0.05, 0.1) is 0 Å². The third kappa shape index (κ3) is 7.44. The summed E-state index contributed by atoms with van der Waals surface area (Å²) in [5, 5.41) is 0. The summed E-state index contributed by atoms with van der Waals surface area (Å²) in [5.41, 5.74) is 1.17. The van der Waals surface area contributed by atoms with Crippen LogP contribution in [0.5, 0.6) is 0 Å². The van der Waals surface area contributed by atoms with E-state index in [1.54, 1.807) is 0 Å². The number of hydrogen-bond acceptors (Lipinski definition) is 1. The second-order valence-corrected chi connectivity index (χ2v) is 3.06. The summed E-state index contributed by atoms with van der Waals surface area (Å²) in [4.78, 5) is 9.17. The highest BCUT2D eigenvalue weighted by molar-refractivity contribution is 8.23. The van der Waals surface area contributed by atoms with Gasteiger partial charge in [0.2, 0.25) is 4.45 Å². The molecule has 0 N–H and O–H groups in total. The number of hydrogen-bond donors (Lipinski definition) is 2.